The van der Waals surface area contributed by atoms with Crippen LogP contribution in [0.2, 0.25) is 0 Å². The monoisotopic (exact) mass is 178 g/mol. The predicted octanol–water partition coefficient (Wildman–Crippen LogP) is 2.77. The molecule has 0 saturated heterocycles. The highest BCUT2D eigenvalue weighted by atomic mass is 15.1. The number of aromatic nitrogens is 2. The van der Waals surface area contributed by atoms with Crippen molar-refractivity contribution < 1.29 is 0 Å². The molecule has 1 rings (SSSR count). The van der Waals surface area contributed by atoms with Crippen molar-refractivity contribution in [3.05, 3.63) is 23.5 Å². The molecule has 1 aromatic heterocycles. The van der Waals surface area contributed by atoms with Crippen molar-refractivity contribution in [1.82, 2.24) is 10.2 Å². The smallest absolute Gasteiger partial charge is 0.0662 e. The van der Waals surface area contributed by atoms with E-state index in [9.17, 15) is 0 Å². The molecule has 0 aliphatic rings. The Kier molecular flexibility index (Phi) is 4.44. The van der Waals surface area contributed by atoms with Crippen LogP contribution in [0.25, 0.3) is 0 Å². The van der Waals surface area contributed by atoms with Crippen LogP contribution in [-0.2, 0) is 12.8 Å². The van der Waals surface area contributed by atoms with Gasteiger partial charge in [-0.3, -0.25) is 0 Å². The van der Waals surface area contributed by atoms with E-state index in [-0.39, 0.29) is 0 Å². The van der Waals surface area contributed by atoms with Crippen molar-refractivity contribution in [1.29, 1.82) is 0 Å². The number of nitrogens with zero attached hydrogens (tertiary/aromatic N) is 2. The van der Waals surface area contributed by atoms with Crippen LogP contribution in [0.5, 0.6) is 0 Å². The molecule has 1 aromatic rings. The van der Waals surface area contributed by atoms with E-state index in [2.05, 4.69) is 30.1 Å². The van der Waals surface area contributed by atoms with Crippen molar-refractivity contribution in [3.8, 4) is 0 Å². The van der Waals surface area contributed by atoms with Gasteiger partial charge < -0.3 is 0 Å². The second-order valence-corrected chi connectivity index (χ2v) is 3.31. The minimum absolute atomic E-state index is 1.07. The fourth-order valence-electron chi connectivity index (χ4n) is 1.46. The van der Waals surface area contributed by atoms with E-state index in [1.54, 1.807) is 6.20 Å². The van der Waals surface area contributed by atoms with Gasteiger partial charge in [0.1, 0.15) is 0 Å². The van der Waals surface area contributed by atoms with Crippen molar-refractivity contribution in [2.24, 2.45) is 0 Å². The molecule has 0 bridgehead atoms. The molecule has 0 radical (unpaired) electrons. The molecule has 72 valence electrons. The Hall–Kier alpha value is -0.920. The zero-order valence-electron chi connectivity index (χ0n) is 8.58. The molecule has 0 saturated carbocycles. The van der Waals surface area contributed by atoms with Crippen molar-refractivity contribution in [3.63, 3.8) is 0 Å². The summed E-state index contributed by atoms with van der Waals surface area (Å²) in [6, 6.07) is 2.08. The molecule has 13 heavy (non-hydrogen) atoms. The van der Waals surface area contributed by atoms with Crippen molar-refractivity contribution >= 4 is 0 Å². The van der Waals surface area contributed by atoms with Crippen LogP contribution in [0.3, 0.4) is 0 Å². The van der Waals surface area contributed by atoms with E-state index < -0.39 is 0 Å². The molecule has 0 unspecified atom stereocenters. The minimum atomic E-state index is 1.07. The Balaban J connectivity index is 2.54. The van der Waals surface area contributed by atoms with Gasteiger partial charge in [-0.1, -0.05) is 26.7 Å². The number of hydrogen-bond acceptors (Lipinski definition) is 2. The van der Waals surface area contributed by atoms with Gasteiger partial charge in [0, 0.05) is 6.20 Å². The fourth-order valence-corrected chi connectivity index (χ4v) is 1.46. The minimum Gasteiger partial charge on any atom is -0.159 e. The lowest BCUT2D eigenvalue weighted by Gasteiger charge is -2.03. The van der Waals surface area contributed by atoms with E-state index in [1.165, 1.54) is 30.5 Å². The van der Waals surface area contributed by atoms with Crippen molar-refractivity contribution in [2.75, 3.05) is 0 Å². The Morgan fingerprint density at radius 3 is 2.77 bits per heavy atom. The second kappa shape index (κ2) is 5.68. The van der Waals surface area contributed by atoms with E-state index in [1.807, 2.05) is 0 Å². The molecule has 0 aliphatic carbocycles. The topological polar surface area (TPSA) is 25.8 Å². The lowest BCUT2D eigenvalue weighted by molar-refractivity contribution is 0.693. The molecule has 0 atom stereocenters. The summed E-state index contributed by atoms with van der Waals surface area (Å²) in [5.74, 6) is 0. The van der Waals surface area contributed by atoms with Crippen molar-refractivity contribution in [2.45, 2.75) is 46.0 Å². The first kappa shape index (κ1) is 10.2. The lowest BCUT2D eigenvalue weighted by Crippen LogP contribution is -1.98. The normalized spacial score (nSPS) is 10.3. The quantitative estimate of drug-likeness (QED) is 0.648. The van der Waals surface area contributed by atoms with Gasteiger partial charge in [0.25, 0.3) is 0 Å². The summed E-state index contributed by atoms with van der Waals surface area (Å²) >= 11 is 0. The summed E-state index contributed by atoms with van der Waals surface area (Å²) in [6.07, 6.45) is 7.73. The molecule has 1 heterocycles. The molecule has 0 spiro atoms. The van der Waals surface area contributed by atoms with Gasteiger partial charge >= 0.3 is 0 Å². The van der Waals surface area contributed by atoms with E-state index in [0.29, 0.717) is 0 Å². The van der Waals surface area contributed by atoms with Crippen LogP contribution in [-0.4, -0.2) is 10.2 Å². The van der Waals surface area contributed by atoms with E-state index >= 15 is 0 Å². The van der Waals surface area contributed by atoms with Gasteiger partial charge in [-0.25, -0.2) is 0 Å². The maximum atomic E-state index is 4.17. The maximum absolute atomic E-state index is 4.17. The zero-order valence-corrected chi connectivity index (χ0v) is 8.58. The number of hydrogen-bond donors (Lipinski definition) is 0. The number of unbranched alkanes of at least 4 members (excludes halogenated alkanes) is 2. The van der Waals surface area contributed by atoms with Crippen LogP contribution < -0.4 is 0 Å². The van der Waals surface area contributed by atoms with Gasteiger partial charge in [0.05, 0.1) is 5.69 Å². The third-order valence-electron chi connectivity index (χ3n) is 2.29. The molecule has 0 aliphatic heterocycles. The Morgan fingerprint density at radius 1 is 1.23 bits per heavy atom. The predicted molar refractivity (Wildman–Crippen MR) is 54.6 cm³/mol. The Labute approximate surface area is 80.4 Å². The average Bonchev–Trinajstić information content (AvgIpc) is 2.19. The molecular weight excluding hydrogens is 160 g/mol. The zero-order chi connectivity index (χ0) is 9.52. The fraction of sp³-hybridized carbons (Fsp3) is 0.636. The van der Waals surface area contributed by atoms with Crippen LogP contribution in [0, 0.1) is 0 Å². The molecule has 2 nitrogen and oxygen atoms in total. The van der Waals surface area contributed by atoms with Crippen LogP contribution >= 0.6 is 0 Å². The summed E-state index contributed by atoms with van der Waals surface area (Å²) in [5, 5.41) is 8.09. The summed E-state index contributed by atoms with van der Waals surface area (Å²) in [6.45, 7) is 4.39. The molecule has 2 heteroatoms. The molecular formula is C11H18N2. The van der Waals surface area contributed by atoms with Gasteiger partial charge in [-0.2, -0.15) is 10.2 Å². The summed E-state index contributed by atoms with van der Waals surface area (Å²) in [5.41, 5.74) is 2.55. The van der Waals surface area contributed by atoms with Crippen LogP contribution in [0.1, 0.15) is 44.4 Å². The van der Waals surface area contributed by atoms with E-state index in [0.717, 1.165) is 12.8 Å². The highest BCUT2D eigenvalue weighted by molar-refractivity contribution is 5.17. The van der Waals surface area contributed by atoms with Crippen LogP contribution in [0.15, 0.2) is 12.3 Å². The van der Waals surface area contributed by atoms with Crippen LogP contribution in [0.4, 0.5) is 0 Å². The Bertz CT molecular complexity index is 246. The third-order valence-corrected chi connectivity index (χ3v) is 2.29. The summed E-state index contributed by atoms with van der Waals surface area (Å²) < 4.78 is 0. The first-order chi connectivity index (χ1) is 6.38. The molecule has 0 fully saturated rings. The van der Waals surface area contributed by atoms with E-state index in [4.69, 9.17) is 0 Å². The van der Waals surface area contributed by atoms with Gasteiger partial charge in [0.15, 0.2) is 0 Å². The molecule has 0 amide bonds. The van der Waals surface area contributed by atoms with Gasteiger partial charge in [0.2, 0.25) is 0 Å². The van der Waals surface area contributed by atoms with Gasteiger partial charge in [-0.05, 0) is 30.9 Å². The first-order valence-electron chi connectivity index (χ1n) is 5.18. The largest absolute Gasteiger partial charge is 0.159 e. The summed E-state index contributed by atoms with van der Waals surface area (Å²) in [7, 11) is 0. The third kappa shape index (κ3) is 3.13. The van der Waals surface area contributed by atoms with Gasteiger partial charge in [-0.15, -0.1) is 0 Å². The number of aryl methyl sites for hydroxylation is 2. The Morgan fingerprint density at radius 2 is 2.08 bits per heavy atom. The average molecular weight is 178 g/mol. The molecule has 0 N–H and O–H groups in total. The lowest BCUT2D eigenvalue weighted by atomic mass is 10.1. The standard InChI is InChI=1S/C11H18N2/c1-3-5-6-7-11-10(4-2)8-9-12-13-11/h8-9H,3-7H2,1-2H3. The highest BCUT2D eigenvalue weighted by Crippen LogP contribution is 2.09. The second-order valence-electron chi connectivity index (χ2n) is 3.31. The number of rotatable bonds is 5. The highest BCUT2D eigenvalue weighted by Gasteiger charge is 2.00. The first-order valence-corrected chi connectivity index (χ1v) is 5.18. The molecule has 0 aromatic carbocycles. The summed E-state index contributed by atoms with van der Waals surface area (Å²) in [4.78, 5) is 0. The maximum Gasteiger partial charge on any atom is 0.0662 e. The SMILES string of the molecule is CCCCCc1nnccc1CC.